The van der Waals surface area contributed by atoms with Gasteiger partial charge in [0.25, 0.3) is 5.91 Å². The van der Waals surface area contributed by atoms with E-state index >= 15 is 0 Å². The number of rotatable bonds is 2. The molecule has 1 aliphatic heterocycles. The van der Waals surface area contributed by atoms with Crippen LogP contribution >= 0.6 is 23.4 Å². The summed E-state index contributed by atoms with van der Waals surface area (Å²) in [6.07, 6.45) is 1.74. The first-order chi connectivity index (χ1) is 11.1. The number of amides is 1. The number of benzene rings is 2. The lowest BCUT2D eigenvalue weighted by atomic mass is 10.2. The normalized spacial score (nSPS) is 18.2. The van der Waals surface area contributed by atoms with Gasteiger partial charge in [0, 0.05) is 7.05 Å². The topological polar surface area (TPSA) is 52.9 Å². The maximum Gasteiger partial charge on any atom is 0.271 e. The van der Waals surface area contributed by atoms with Crippen molar-refractivity contribution in [2.45, 2.75) is 0 Å². The Kier molecular flexibility index (Phi) is 4.41. The molecule has 0 unspecified atom stereocenters. The second-order valence-corrected chi connectivity index (χ2v) is 6.22. The van der Waals surface area contributed by atoms with Crippen molar-refractivity contribution in [3.63, 3.8) is 0 Å². The first-order valence-corrected chi connectivity index (χ1v) is 8.04. The van der Waals surface area contributed by atoms with Gasteiger partial charge >= 0.3 is 0 Å². The molecule has 4 nitrogen and oxygen atoms in total. The number of hydrogen-bond acceptors (Lipinski definition) is 4. The van der Waals surface area contributed by atoms with Gasteiger partial charge in [-0.15, -0.1) is 0 Å². The molecule has 0 atom stereocenters. The van der Waals surface area contributed by atoms with Crippen LogP contribution in [0.25, 0.3) is 6.08 Å². The van der Waals surface area contributed by atoms with Gasteiger partial charge in [0.2, 0.25) is 0 Å². The third-order valence-electron chi connectivity index (χ3n) is 3.28. The average Bonchev–Trinajstić information content (AvgIpc) is 2.88. The minimum atomic E-state index is -0.133. The summed E-state index contributed by atoms with van der Waals surface area (Å²) >= 11 is 7.22. The maximum atomic E-state index is 12.7. The molecule has 0 aromatic heterocycles. The quantitative estimate of drug-likeness (QED) is 0.832. The molecule has 1 amide bonds. The molecule has 0 spiro atoms. The predicted octanol–water partition coefficient (Wildman–Crippen LogP) is 4.15. The molecule has 2 aromatic rings. The van der Waals surface area contributed by atoms with Crippen LogP contribution in [0, 0.1) is 0 Å². The van der Waals surface area contributed by atoms with Crippen LogP contribution < -0.4 is 4.90 Å². The van der Waals surface area contributed by atoms with Crippen molar-refractivity contribution in [2.75, 3.05) is 11.9 Å². The molecular formula is C17H13ClN2O2S. The largest absolute Gasteiger partial charge is 0.506 e. The molecule has 1 heterocycles. The minimum Gasteiger partial charge on any atom is -0.506 e. The highest BCUT2D eigenvalue weighted by atomic mass is 35.5. The summed E-state index contributed by atoms with van der Waals surface area (Å²) < 4.78 is 0. The van der Waals surface area contributed by atoms with Crippen molar-refractivity contribution < 1.29 is 9.90 Å². The second kappa shape index (κ2) is 6.48. The van der Waals surface area contributed by atoms with Crippen LogP contribution in [0.3, 0.4) is 0 Å². The fraction of sp³-hybridized carbons (Fsp3) is 0.0588. The van der Waals surface area contributed by atoms with E-state index in [0.717, 1.165) is 11.3 Å². The number of phenolic OH excluding ortho intramolecular Hbond substituents is 1. The summed E-state index contributed by atoms with van der Waals surface area (Å²) in [5, 5.41) is 10.3. The summed E-state index contributed by atoms with van der Waals surface area (Å²) in [7, 11) is 1.66. The standard InChI is InChI=1S/C17H13ClN2O2S/c1-19-17-20(12-5-3-2-4-6-12)16(22)15(23-17)10-11-7-8-14(21)13(18)9-11/h2-10,21H,1H3/b15-10-,19-17?. The van der Waals surface area contributed by atoms with Crippen molar-refractivity contribution in [1.29, 1.82) is 0 Å². The second-order valence-electron chi connectivity index (χ2n) is 4.80. The van der Waals surface area contributed by atoms with Crippen LogP contribution in [0.1, 0.15) is 5.56 Å². The van der Waals surface area contributed by atoms with E-state index in [-0.39, 0.29) is 16.7 Å². The highest BCUT2D eigenvalue weighted by Crippen LogP contribution is 2.36. The van der Waals surface area contributed by atoms with Crippen LogP contribution in [0.4, 0.5) is 5.69 Å². The summed E-state index contributed by atoms with van der Waals surface area (Å²) in [6, 6.07) is 14.2. The minimum absolute atomic E-state index is 0.0148. The number of amidine groups is 1. The molecule has 1 saturated heterocycles. The number of carbonyl (C=O) groups is 1. The Bertz CT molecular complexity index is 819. The number of aliphatic imine (C=N–C) groups is 1. The number of nitrogens with zero attached hydrogens (tertiary/aromatic N) is 2. The Labute approximate surface area is 143 Å². The monoisotopic (exact) mass is 344 g/mol. The van der Waals surface area contributed by atoms with E-state index in [1.807, 2.05) is 30.3 Å². The van der Waals surface area contributed by atoms with E-state index in [1.54, 1.807) is 30.2 Å². The van der Waals surface area contributed by atoms with E-state index in [0.29, 0.717) is 10.1 Å². The van der Waals surface area contributed by atoms with Crippen molar-refractivity contribution in [3.05, 3.63) is 64.0 Å². The third kappa shape index (κ3) is 3.11. The molecule has 23 heavy (non-hydrogen) atoms. The highest BCUT2D eigenvalue weighted by Gasteiger charge is 2.34. The van der Waals surface area contributed by atoms with Crippen molar-refractivity contribution in [2.24, 2.45) is 4.99 Å². The molecular weight excluding hydrogens is 332 g/mol. The van der Waals surface area contributed by atoms with Gasteiger partial charge in [-0.25, -0.2) is 0 Å². The third-order valence-corrected chi connectivity index (χ3v) is 4.64. The van der Waals surface area contributed by atoms with Crippen molar-refractivity contribution in [1.82, 2.24) is 0 Å². The summed E-state index contributed by atoms with van der Waals surface area (Å²) in [5.41, 5.74) is 1.52. The van der Waals surface area contributed by atoms with Gasteiger partial charge in [-0.1, -0.05) is 35.9 Å². The SMILES string of the molecule is CN=C1S/C(=C\c2ccc(O)c(Cl)c2)C(=O)N1c1ccccc1. The zero-order valence-electron chi connectivity index (χ0n) is 12.2. The van der Waals surface area contributed by atoms with Gasteiger partial charge in [-0.3, -0.25) is 14.7 Å². The van der Waals surface area contributed by atoms with Gasteiger partial charge in [-0.2, -0.15) is 0 Å². The van der Waals surface area contributed by atoms with Crippen LogP contribution in [-0.2, 0) is 4.79 Å². The Morgan fingerprint density at radius 3 is 2.61 bits per heavy atom. The Morgan fingerprint density at radius 2 is 1.96 bits per heavy atom. The number of hydrogen-bond donors (Lipinski definition) is 1. The van der Waals surface area contributed by atoms with Crippen molar-refractivity contribution >= 4 is 46.2 Å². The molecule has 116 valence electrons. The van der Waals surface area contributed by atoms with Gasteiger partial charge in [-0.05, 0) is 47.7 Å². The molecule has 0 saturated carbocycles. The average molecular weight is 345 g/mol. The number of para-hydroxylation sites is 1. The summed E-state index contributed by atoms with van der Waals surface area (Å²) in [4.78, 5) is 19.0. The lowest BCUT2D eigenvalue weighted by molar-refractivity contribution is -0.113. The first kappa shape index (κ1) is 15.6. The smallest absolute Gasteiger partial charge is 0.271 e. The molecule has 3 rings (SSSR count). The van der Waals surface area contributed by atoms with Crippen molar-refractivity contribution in [3.8, 4) is 5.75 Å². The molecule has 6 heteroatoms. The Hall–Kier alpha value is -2.24. The molecule has 0 bridgehead atoms. The number of carbonyl (C=O) groups excluding carboxylic acids is 1. The zero-order valence-corrected chi connectivity index (χ0v) is 13.8. The Morgan fingerprint density at radius 1 is 1.22 bits per heavy atom. The fourth-order valence-corrected chi connectivity index (χ4v) is 3.32. The van der Waals surface area contributed by atoms with Crippen LogP contribution in [0.2, 0.25) is 5.02 Å². The van der Waals surface area contributed by atoms with E-state index < -0.39 is 0 Å². The fourth-order valence-electron chi connectivity index (χ4n) is 2.19. The molecule has 2 aromatic carbocycles. The van der Waals surface area contributed by atoms with E-state index in [1.165, 1.54) is 17.8 Å². The van der Waals surface area contributed by atoms with Gasteiger partial charge in [0.15, 0.2) is 5.17 Å². The molecule has 0 aliphatic carbocycles. The number of thioether (sulfide) groups is 1. The summed E-state index contributed by atoms with van der Waals surface area (Å²) in [5.74, 6) is -0.119. The molecule has 0 radical (unpaired) electrons. The number of phenols is 1. The van der Waals surface area contributed by atoms with E-state index in [9.17, 15) is 9.90 Å². The van der Waals surface area contributed by atoms with Gasteiger partial charge < -0.3 is 5.11 Å². The van der Waals surface area contributed by atoms with Gasteiger partial charge in [0.05, 0.1) is 15.6 Å². The Balaban J connectivity index is 1.98. The number of halogens is 1. The lowest BCUT2D eigenvalue weighted by Gasteiger charge is -2.14. The zero-order chi connectivity index (χ0) is 16.4. The molecule has 1 N–H and O–H groups in total. The van der Waals surface area contributed by atoms with E-state index in [4.69, 9.17) is 11.6 Å². The maximum absolute atomic E-state index is 12.7. The van der Waals surface area contributed by atoms with Crippen LogP contribution in [0.15, 0.2) is 58.4 Å². The molecule has 1 aliphatic rings. The van der Waals surface area contributed by atoms with Crippen LogP contribution in [0.5, 0.6) is 5.75 Å². The predicted molar refractivity (Wildman–Crippen MR) is 96.0 cm³/mol. The van der Waals surface area contributed by atoms with Crippen LogP contribution in [-0.4, -0.2) is 23.2 Å². The molecule has 1 fully saturated rings. The van der Waals surface area contributed by atoms with Gasteiger partial charge in [0.1, 0.15) is 5.75 Å². The first-order valence-electron chi connectivity index (χ1n) is 6.84. The summed E-state index contributed by atoms with van der Waals surface area (Å²) in [6.45, 7) is 0. The number of aromatic hydroxyl groups is 1. The lowest BCUT2D eigenvalue weighted by Crippen LogP contribution is -2.28. The highest BCUT2D eigenvalue weighted by molar-refractivity contribution is 8.19. The van der Waals surface area contributed by atoms with E-state index in [2.05, 4.69) is 4.99 Å². The number of anilines is 1.